The number of carbonyl (C=O) groups excluding carboxylic acids is 3. The smallest absolute Gasteiger partial charge is 0.322 e. The monoisotopic (exact) mass is 336 g/mol. The minimum atomic E-state index is -0.973. The number of imide groups is 1. The lowest BCUT2D eigenvalue weighted by Crippen LogP contribution is -2.51. The van der Waals surface area contributed by atoms with Crippen LogP contribution >= 0.6 is 0 Å². The van der Waals surface area contributed by atoms with Crippen LogP contribution < -0.4 is 16.1 Å². The van der Waals surface area contributed by atoms with Gasteiger partial charge in [-0.25, -0.2) is 4.79 Å². The predicted octanol–water partition coefficient (Wildman–Crippen LogP) is 0.174. The average Bonchev–Trinajstić information content (AvgIpc) is 3.16. The molecule has 9 nitrogen and oxygen atoms in total. The number of carbonyl (C=O) groups is 3. The first-order valence-corrected chi connectivity index (χ1v) is 7.97. The molecular weight excluding hydrogens is 312 g/mol. The van der Waals surface area contributed by atoms with Crippen molar-refractivity contribution in [2.45, 2.75) is 51.7 Å². The highest BCUT2D eigenvalue weighted by Crippen LogP contribution is 2.19. The molecule has 132 valence electrons. The highest BCUT2D eigenvalue weighted by molar-refractivity contribution is 6.07. The maximum Gasteiger partial charge on any atom is 0.344 e. The lowest BCUT2D eigenvalue weighted by atomic mass is 10.00. The van der Waals surface area contributed by atoms with Gasteiger partial charge in [-0.15, -0.1) is 0 Å². The first kappa shape index (κ1) is 17.9. The first-order chi connectivity index (χ1) is 11.3. The topological polar surface area (TPSA) is 108 Å². The number of hydrogen-bond donors (Lipinski definition) is 3. The summed E-state index contributed by atoms with van der Waals surface area (Å²) in [4.78, 5) is 36.1. The highest BCUT2D eigenvalue weighted by Gasteiger charge is 2.47. The molecule has 0 bridgehead atoms. The minimum absolute atomic E-state index is 0.0212. The summed E-state index contributed by atoms with van der Waals surface area (Å²) < 4.78 is 1.79. The van der Waals surface area contributed by atoms with Gasteiger partial charge in [0, 0.05) is 18.4 Å². The number of nitrogens with one attached hydrogen (secondary N) is 3. The molecule has 1 saturated heterocycles. The van der Waals surface area contributed by atoms with E-state index in [2.05, 4.69) is 21.2 Å². The van der Waals surface area contributed by atoms with Crippen molar-refractivity contribution in [1.82, 2.24) is 30.8 Å². The van der Waals surface area contributed by atoms with Crippen LogP contribution in [-0.2, 0) is 9.59 Å². The standard InChI is InChI=1S/C15H24N6O3/c1-5-15(4)13(23)21(14(24)18-15)19-12(22)9-16-10(2)11(3)20-8-6-7-17-20/h6-8,10-11,16H,5,9H2,1-4H3,(H,18,24)(H,19,22)/t10-,11-,15+/m1/s1. The van der Waals surface area contributed by atoms with Crippen molar-refractivity contribution in [2.24, 2.45) is 0 Å². The average molecular weight is 336 g/mol. The van der Waals surface area contributed by atoms with E-state index in [0.29, 0.717) is 6.42 Å². The highest BCUT2D eigenvalue weighted by atomic mass is 16.2. The van der Waals surface area contributed by atoms with E-state index >= 15 is 0 Å². The van der Waals surface area contributed by atoms with Gasteiger partial charge < -0.3 is 10.6 Å². The third-order valence-corrected chi connectivity index (χ3v) is 4.45. The summed E-state index contributed by atoms with van der Waals surface area (Å²) in [5.74, 6) is -0.917. The summed E-state index contributed by atoms with van der Waals surface area (Å²) in [7, 11) is 0. The Morgan fingerprint density at radius 2 is 2.12 bits per heavy atom. The van der Waals surface area contributed by atoms with E-state index < -0.39 is 23.4 Å². The Morgan fingerprint density at radius 3 is 2.67 bits per heavy atom. The quantitative estimate of drug-likeness (QED) is 0.615. The van der Waals surface area contributed by atoms with Gasteiger partial charge in [0.05, 0.1) is 12.6 Å². The van der Waals surface area contributed by atoms with Crippen LogP contribution in [0.2, 0.25) is 0 Å². The van der Waals surface area contributed by atoms with E-state index in [-0.39, 0.29) is 18.6 Å². The molecule has 0 aliphatic carbocycles. The zero-order valence-corrected chi connectivity index (χ0v) is 14.4. The molecule has 1 aliphatic heterocycles. The van der Waals surface area contributed by atoms with Gasteiger partial charge in [0.1, 0.15) is 5.54 Å². The molecular formula is C15H24N6O3. The number of rotatable bonds is 7. The van der Waals surface area contributed by atoms with Crippen LogP contribution in [0.15, 0.2) is 18.5 Å². The van der Waals surface area contributed by atoms with Gasteiger partial charge in [-0.1, -0.05) is 6.92 Å². The summed E-state index contributed by atoms with van der Waals surface area (Å²) in [6, 6.07) is 1.24. The lowest BCUT2D eigenvalue weighted by Gasteiger charge is -2.22. The van der Waals surface area contributed by atoms with Crippen molar-refractivity contribution in [3.8, 4) is 0 Å². The minimum Gasteiger partial charge on any atom is -0.322 e. The fraction of sp³-hybridized carbons (Fsp3) is 0.600. The van der Waals surface area contributed by atoms with Gasteiger partial charge in [-0.05, 0) is 33.3 Å². The molecule has 1 aliphatic rings. The van der Waals surface area contributed by atoms with Crippen LogP contribution in [-0.4, -0.2) is 50.8 Å². The van der Waals surface area contributed by atoms with E-state index in [0.717, 1.165) is 5.01 Å². The fourth-order valence-corrected chi connectivity index (χ4v) is 2.36. The first-order valence-electron chi connectivity index (χ1n) is 7.97. The Balaban J connectivity index is 1.85. The van der Waals surface area contributed by atoms with E-state index in [9.17, 15) is 14.4 Å². The number of hydrazine groups is 1. The van der Waals surface area contributed by atoms with Crippen LogP contribution in [0, 0.1) is 0 Å². The molecule has 1 fully saturated rings. The van der Waals surface area contributed by atoms with E-state index in [1.165, 1.54) is 0 Å². The Labute approximate surface area is 140 Å². The number of aromatic nitrogens is 2. The molecule has 0 saturated carbocycles. The SMILES string of the molecule is CC[C@]1(C)NC(=O)N(NC(=O)CN[C@H](C)[C@@H](C)n2cccn2)C1=O. The second-order valence-electron chi connectivity index (χ2n) is 6.19. The lowest BCUT2D eigenvalue weighted by molar-refractivity contribution is -0.138. The van der Waals surface area contributed by atoms with E-state index in [1.807, 2.05) is 26.1 Å². The Kier molecular flexibility index (Phi) is 5.23. The van der Waals surface area contributed by atoms with Crippen LogP contribution in [0.25, 0.3) is 0 Å². The Hall–Kier alpha value is -2.42. The Morgan fingerprint density at radius 1 is 1.42 bits per heavy atom. The summed E-state index contributed by atoms with van der Waals surface area (Å²) >= 11 is 0. The Bertz CT molecular complexity index is 617. The van der Waals surface area contributed by atoms with Gasteiger partial charge >= 0.3 is 6.03 Å². The summed E-state index contributed by atoms with van der Waals surface area (Å²) in [6.45, 7) is 7.32. The van der Waals surface area contributed by atoms with Gasteiger partial charge in [-0.3, -0.25) is 19.7 Å². The predicted molar refractivity (Wildman–Crippen MR) is 86.6 cm³/mol. The maximum absolute atomic E-state index is 12.2. The van der Waals surface area contributed by atoms with Crippen LogP contribution in [0.3, 0.4) is 0 Å². The van der Waals surface area contributed by atoms with Gasteiger partial charge in [-0.2, -0.15) is 10.1 Å². The molecule has 1 aromatic rings. The molecule has 24 heavy (non-hydrogen) atoms. The van der Waals surface area contributed by atoms with Crippen LogP contribution in [0.4, 0.5) is 4.79 Å². The van der Waals surface area contributed by atoms with E-state index in [1.54, 1.807) is 24.7 Å². The molecule has 1 aromatic heterocycles. The molecule has 0 radical (unpaired) electrons. The molecule has 3 atom stereocenters. The van der Waals surface area contributed by atoms with Crippen molar-refractivity contribution in [3.05, 3.63) is 18.5 Å². The van der Waals surface area contributed by atoms with Gasteiger partial charge in [0.15, 0.2) is 0 Å². The van der Waals surface area contributed by atoms with Crippen molar-refractivity contribution in [1.29, 1.82) is 0 Å². The van der Waals surface area contributed by atoms with Crippen molar-refractivity contribution in [3.63, 3.8) is 0 Å². The van der Waals surface area contributed by atoms with E-state index in [4.69, 9.17) is 0 Å². The molecule has 3 N–H and O–H groups in total. The van der Waals surface area contributed by atoms with Crippen LogP contribution in [0.1, 0.15) is 40.2 Å². The molecule has 2 heterocycles. The van der Waals surface area contributed by atoms with Crippen molar-refractivity contribution >= 4 is 17.8 Å². The van der Waals surface area contributed by atoms with Crippen molar-refractivity contribution in [2.75, 3.05) is 6.54 Å². The third kappa shape index (κ3) is 3.56. The second-order valence-corrected chi connectivity index (χ2v) is 6.19. The van der Waals surface area contributed by atoms with Crippen molar-refractivity contribution < 1.29 is 14.4 Å². The second kappa shape index (κ2) is 7.00. The molecule has 0 spiro atoms. The van der Waals surface area contributed by atoms with Gasteiger partial charge in [0.2, 0.25) is 0 Å². The zero-order valence-electron chi connectivity index (χ0n) is 14.4. The number of hydrogen-bond acceptors (Lipinski definition) is 5. The number of urea groups is 1. The molecule has 2 rings (SSSR count). The molecule has 4 amide bonds. The summed E-state index contributed by atoms with van der Waals surface area (Å²) in [5.41, 5.74) is 1.37. The molecule has 9 heteroatoms. The normalized spacial score (nSPS) is 23.1. The van der Waals surface area contributed by atoms with Crippen LogP contribution in [0.5, 0.6) is 0 Å². The number of nitrogens with zero attached hydrogens (tertiary/aromatic N) is 3. The number of amides is 4. The molecule has 0 aromatic carbocycles. The summed E-state index contributed by atoms with van der Waals surface area (Å²) in [6.07, 6.45) is 3.99. The third-order valence-electron chi connectivity index (χ3n) is 4.45. The zero-order chi connectivity index (χ0) is 17.9. The maximum atomic E-state index is 12.2. The fourth-order valence-electron chi connectivity index (χ4n) is 2.36. The summed E-state index contributed by atoms with van der Waals surface area (Å²) in [5, 5.41) is 10.6. The molecule has 0 unspecified atom stereocenters. The largest absolute Gasteiger partial charge is 0.344 e. The van der Waals surface area contributed by atoms with Gasteiger partial charge in [0.25, 0.3) is 11.8 Å².